The van der Waals surface area contributed by atoms with Crippen molar-refractivity contribution in [2.45, 2.75) is 122 Å². The zero-order valence-electron chi connectivity index (χ0n) is 48.2. The van der Waals surface area contributed by atoms with Crippen LogP contribution >= 0.6 is 0 Å². The van der Waals surface area contributed by atoms with Crippen molar-refractivity contribution >= 4 is 58.9 Å². The molecule has 80 heavy (non-hydrogen) atoms. The number of piperazine rings is 1. The molecule has 11 rings (SSSR count). The van der Waals surface area contributed by atoms with Crippen molar-refractivity contribution in [3.05, 3.63) is 118 Å². The quantitative estimate of drug-likeness (QED) is 0.0529. The lowest BCUT2D eigenvalue weighted by atomic mass is 9.88. The van der Waals surface area contributed by atoms with Gasteiger partial charge in [-0.2, -0.15) is 0 Å². The van der Waals surface area contributed by atoms with Crippen LogP contribution < -0.4 is 11.0 Å². The summed E-state index contributed by atoms with van der Waals surface area (Å²) >= 11 is 0. The van der Waals surface area contributed by atoms with Gasteiger partial charge < -0.3 is 23.5 Å². The molecule has 0 saturated carbocycles. The van der Waals surface area contributed by atoms with Crippen molar-refractivity contribution in [1.29, 1.82) is 0 Å². The summed E-state index contributed by atoms with van der Waals surface area (Å²) in [5, 5.41) is 3.53. The summed E-state index contributed by atoms with van der Waals surface area (Å²) in [6, 6.07) is 26.6. The Bertz CT molecular complexity index is 3470. The second kappa shape index (κ2) is 23.3. The summed E-state index contributed by atoms with van der Waals surface area (Å²) in [5.74, 6) is 1.30. The minimum absolute atomic E-state index is 0.139. The molecule has 18 heteroatoms. The number of benzene rings is 3. The molecule has 1 N–H and O–H groups in total. The number of ether oxygens (including phenoxy) is 2. The summed E-state index contributed by atoms with van der Waals surface area (Å²) in [7, 11) is 4.40. The normalized spacial score (nSPS) is 20.2. The maximum absolute atomic E-state index is 13.9. The number of fused-ring (bicyclic) bond motifs is 3. The molecule has 0 spiro atoms. The second-order valence-corrected chi connectivity index (χ2v) is 30.2. The molecule has 4 aliphatic heterocycles. The van der Waals surface area contributed by atoms with Crippen molar-refractivity contribution in [1.82, 2.24) is 53.2 Å². The van der Waals surface area contributed by atoms with Crippen molar-refractivity contribution in [3.8, 4) is 11.1 Å². The van der Waals surface area contributed by atoms with E-state index in [-0.39, 0.29) is 30.0 Å². The number of aryl methyl sites for hydroxylation is 2. The first-order chi connectivity index (χ1) is 38.5. The molecular formula is C62H81N11O6Si. The van der Waals surface area contributed by atoms with E-state index >= 15 is 0 Å². The lowest BCUT2D eigenvalue weighted by molar-refractivity contribution is -0.135. The third-order valence-electron chi connectivity index (χ3n) is 18.1. The molecule has 4 aromatic heterocycles. The third kappa shape index (κ3) is 11.5. The Balaban J connectivity index is 0.646. The Morgan fingerprint density at radius 3 is 2.33 bits per heavy atom. The molecule has 17 nitrogen and oxygen atoms in total. The summed E-state index contributed by atoms with van der Waals surface area (Å²) in [4.78, 5) is 71.3. The number of amides is 3. The van der Waals surface area contributed by atoms with Gasteiger partial charge in [-0.25, -0.2) is 14.8 Å². The zero-order chi connectivity index (χ0) is 56.0. The first-order valence-corrected chi connectivity index (χ1v) is 32.9. The van der Waals surface area contributed by atoms with E-state index in [1.54, 1.807) is 18.7 Å². The fraction of sp³-hybridized carbons (Fsp3) is 0.516. The van der Waals surface area contributed by atoms with E-state index in [2.05, 4.69) is 141 Å². The van der Waals surface area contributed by atoms with Gasteiger partial charge in [0.1, 0.15) is 30.9 Å². The van der Waals surface area contributed by atoms with E-state index in [0.717, 1.165) is 153 Å². The van der Waals surface area contributed by atoms with Crippen LogP contribution in [0.25, 0.3) is 44.2 Å². The van der Waals surface area contributed by atoms with Crippen LogP contribution in [0.15, 0.2) is 83.8 Å². The Kier molecular flexibility index (Phi) is 16.2. The number of nitrogens with one attached hydrogen (secondary N) is 1. The molecule has 4 fully saturated rings. The smallest absolute Gasteiger partial charge is 0.329 e. The van der Waals surface area contributed by atoms with E-state index in [1.807, 2.05) is 12.3 Å². The van der Waals surface area contributed by atoms with Gasteiger partial charge in [0.05, 0.1) is 22.1 Å². The average molecular weight is 1100 g/mol. The first kappa shape index (κ1) is 55.6. The number of pyridine rings is 1. The van der Waals surface area contributed by atoms with Crippen LogP contribution in [0, 0.1) is 5.92 Å². The molecule has 3 amide bonds. The number of nitrogens with zero attached hydrogens (tertiary/aromatic N) is 10. The van der Waals surface area contributed by atoms with Gasteiger partial charge in [-0.05, 0) is 148 Å². The maximum Gasteiger partial charge on any atom is 0.329 e. The van der Waals surface area contributed by atoms with Gasteiger partial charge >= 0.3 is 5.69 Å². The average Bonchev–Trinajstić information content (AvgIpc) is 4.24. The first-order valence-electron chi connectivity index (χ1n) is 29.2. The highest BCUT2D eigenvalue weighted by Gasteiger charge is 2.34. The number of aromatic nitrogens is 6. The second-order valence-electron chi connectivity index (χ2n) is 24.6. The van der Waals surface area contributed by atoms with Crippen molar-refractivity contribution in [2.75, 3.05) is 66.1 Å². The molecule has 3 atom stereocenters. The van der Waals surface area contributed by atoms with Gasteiger partial charge in [0.2, 0.25) is 11.8 Å². The number of piperidine rings is 3. The van der Waals surface area contributed by atoms with Crippen LogP contribution in [0.3, 0.4) is 0 Å². The largest absolute Gasteiger partial charge is 0.377 e. The van der Waals surface area contributed by atoms with Crippen LogP contribution in [0.2, 0.25) is 25.7 Å². The number of carbonyl (C=O) groups is 3. The monoisotopic (exact) mass is 1100 g/mol. The highest BCUT2D eigenvalue weighted by Crippen LogP contribution is 2.37. The van der Waals surface area contributed by atoms with Crippen molar-refractivity contribution < 1.29 is 23.9 Å². The van der Waals surface area contributed by atoms with E-state index in [4.69, 9.17) is 19.4 Å². The number of rotatable bonds is 17. The minimum atomic E-state index is -1.20. The van der Waals surface area contributed by atoms with Gasteiger partial charge in [0, 0.05) is 123 Å². The van der Waals surface area contributed by atoms with Gasteiger partial charge in [0.25, 0.3) is 5.91 Å². The summed E-state index contributed by atoms with van der Waals surface area (Å²) < 4.78 is 19.3. The molecule has 0 radical (unpaired) electrons. The van der Waals surface area contributed by atoms with E-state index < -0.39 is 20.0 Å². The molecule has 7 aromatic rings. The maximum atomic E-state index is 13.9. The number of carbonyl (C=O) groups excluding carboxylic acids is 3. The van der Waals surface area contributed by atoms with Gasteiger partial charge in [-0.3, -0.25) is 43.5 Å². The molecule has 0 bridgehead atoms. The Hall–Kier alpha value is -6.28. The fourth-order valence-electron chi connectivity index (χ4n) is 13.2. The summed E-state index contributed by atoms with van der Waals surface area (Å²) in [6.07, 6.45) is 6.62. The molecule has 1 unspecified atom stereocenters. The molecule has 3 aromatic carbocycles. The van der Waals surface area contributed by atoms with E-state index in [1.165, 1.54) is 15.8 Å². The van der Waals surface area contributed by atoms with Gasteiger partial charge in [-0.1, -0.05) is 43.9 Å². The van der Waals surface area contributed by atoms with Crippen LogP contribution in [-0.2, 0) is 53.0 Å². The third-order valence-corrected chi connectivity index (χ3v) is 19.8. The Labute approximate surface area is 470 Å². The zero-order valence-corrected chi connectivity index (χ0v) is 49.2. The molecule has 4 aliphatic rings. The number of hydrogen-bond donors (Lipinski definition) is 1. The Morgan fingerprint density at radius 1 is 0.838 bits per heavy atom. The van der Waals surface area contributed by atoms with Crippen molar-refractivity contribution in [2.24, 2.45) is 20.0 Å². The summed E-state index contributed by atoms with van der Waals surface area (Å²) in [5.41, 5.74) is 10.9. The van der Waals surface area contributed by atoms with E-state index in [9.17, 15) is 19.2 Å². The minimum Gasteiger partial charge on any atom is -0.377 e. The molecule has 4 saturated heterocycles. The van der Waals surface area contributed by atoms with Crippen LogP contribution in [-0.4, -0.2) is 146 Å². The SMILES string of the molecule is COCc1nc2cc(-c3ccnc4c3cc([C@H](C)N3CCC(c5ccc(C(=O)N6CCC(CN7CCN(Cc8ccc9c(c8)n(C)c(=O)n9C8CCC(=O)NC8=O)C[C@@H]7C)CC6)cc5)CC3)n4C)ccc2n1COCC[Si](C)(C)C. The van der Waals surface area contributed by atoms with Crippen LogP contribution in [0.5, 0.6) is 0 Å². The predicted octanol–water partition coefficient (Wildman–Crippen LogP) is 8.68. The van der Waals surface area contributed by atoms with Crippen molar-refractivity contribution in [3.63, 3.8) is 0 Å². The highest BCUT2D eigenvalue weighted by atomic mass is 28.3. The number of hydrogen-bond acceptors (Lipinski definition) is 11. The number of imidazole rings is 2. The van der Waals surface area contributed by atoms with Gasteiger partial charge in [0.15, 0.2) is 0 Å². The number of methoxy groups -OCH3 is 1. The number of likely N-dealkylation sites (tertiary alicyclic amines) is 2. The topological polar surface area (TPSA) is 157 Å². The van der Waals surface area contributed by atoms with E-state index in [0.29, 0.717) is 43.2 Å². The number of imide groups is 1. The Morgan fingerprint density at radius 2 is 1.60 bits per heavy atom. The van der Waals surface area contributed by atoms with Crippen LogP contribution in [0.4, 0.5) is 0 Å². The fourth-order valence-corrected chi connectivity index (χ4v) is 13.9. The van der Waals surface area contributed by atoms with Crippen LogP contribution in [0.1, 0.15) is 103 Å². The lowest BCUT2D eigenvalue weighted by Crippen LogP contribution is -2.53. The molecule has 8 heterocycles. The van der Waals surface area contributed by atoms with Gasteiger partial charge in [-0.15, -0.1) is 0 Å². The summed E-state index contributed by atoms with van der Waals surface area (Å²) in [6.45, 7) is 21.7. The highest BCUT2D eigenvalue weighted by molar-refractivity contribution is 6.76. The predicted molar refractivity (Wildman–Crippen MR) is 316 cm³/mol. The lowest BCUT2D eigenvalue weighted by Gasteiger charge is -2.42. The standard InChI is InChI=1S/C62H81N11O6Si/c1-41-36-68(37-44-9-15-53-56(33-44)67(4)62(77)73(53)54-17-18-58(74)65-60(54)75)29-30-71(41)38-43-20-25-70(26-21-43)61(76)47-12-10-45(11-13-47)46-22-27-69(28-23-46)42(2)55-35-50-49(19-24-63-59(50)66(55)3)48-14-16-52-51(34-48)64-57(39-78-5)72(52)40-79-31-32-80(6,7)8/h9-16,19,24,33-35,41-43,46,54H,17-18,20-23,25-32,36-40H2,1-8H3,(H,65,74,75)/t41-,42-,54?/m0/s1. The molecular weight excluding hydrogens is 1020 g/mol. The molecule has 0 aliphatic carbocycles. The molecule has 424 valence electrons.